The highest BCUT2D eigenvalue weighted by molar-refractivity contribution is 5.67. The molecule has 1 unspecified atom stereocenters. The Bertz CT molecular complexity index is 757. The van der Waals surface area contributed by atoms with Crippen LogP contribution in [0.2, 0.25) is 0 Å². The van der Waals surface area contributed by atoms with E-state index in [2.05, 4.69) is 18.9 Å². The van der Waals surface area contributed by atoms with E-state index < -0.39 is 5.60 Å². The van der Waals surface area contributed by atoms with Crippen LogP contribution in [0.1, 0.15) is 90.9 Å². The van der Waals surface area contributed by atoms with Crippen molar-refractivity contribution in [1.29, 1.82) is 0 Å². The second-order valence-electron chi connectivity index (χ2n) is 11.0. The van der Waals surface area contributed by atoms with E-state index in [9.17, 15) is 4.79 Å². The highest BCUT2D eigenvalue weighted by Gasteiger charge is 2.64. The van der Waals surface area contributed by atoms with Crippen LogP contribution in [-0.2, 0) is 14.3 Å². The van der Waals surface area contributed by atoms with Crippen molar-refractivity contribution in [3.05, 3.63) is 11.6 Å². The lowest BCUT2D eigenvalue weighted by molar-refractivity contribution is -0.167. The van der Waals surface area contributed by atoms with Crippen molar-refractivity contribution in [1.82, 2.24) is 0 Å². The van der Waals surface area contributed by atoms with Crippen molar-refractivity contribution < 1.29 is 14.3 Å². The van der Waals surface area contributed by atoms with Gasteiger partial charge in [-0.3, -0.25) is 4.79 Å². The monoisotopic (exact) mass is 410 g/mol. The summed E-state index contributed by atoms with van der Waals surface area (Å²) in [6.45, 7) is 3.83. The van der Waals surface area contributed by atoms with Gasteiger partial charge in [-0.2, -0.15) is 0 Å². The molecule has 4 fully saturated rings. The Morgan fingerprint density at radius 2 is 1.87 bits per heavy atom. The molecule has 0 spiro atoms. The first-order valence-corrected chi connectivity index (χ1v) is 12.5. The number of ether oxygens (including phenoxy) is 2. The molecule has 5 rings (SSSR count). The second-order valence-corrected chi connectivity index (χ2v) is 11.0. The summed E-state index contributed by atoms with van der Waals surface area (Å²) in [7, 11) is 0. The lowest BCUT2D eigenvalue weighted by Crippen LogP contribution is -2.53. The molecule has 5 aliphatic rings. The highest BCUT2D eigenvalue weighted by atomic mass is 16.6. The predicted molar refractivity (Wildman–Crippen MR) is 118 cm³/mol. The van der Waals surface area contributed by atoms with Crippen molar-refractivity contribution in [2.75, 3.05) is 0 Å². The van der Waals surface area contributed by atoms with Crippen LogP contribution in [0.15, 0.2) is 11.6 Å². The zero-order chi connectivity index (χ0) is 20.9. The van der Waals surface area contributed by atoms with Gasteiger partial charge in [0.25, 0.3) is 0 Å². The number of hydrogen-bond donors (Lipinski definition) is 0. The van der Waals surface area contributed by atoms with Crippen LogP contribution in [0.3, 0.4) is 0 Å². The maximum Gasteiger partial charge on any atom is 0.304 e. The summed E-state index contributed by atoms with van der Waals surface area (Å²) in [5.74, 6) is 5.57. The molecular weight excluding hydrogens is 372 g/mol. The average Bonchev–Trinajstić information content (AvgIpc) is 3.33. The minimum absolute atomic E-state index is 0.0708. The molecule has 0 bridgehead atoms. The van der Waals surface area contributed by atoms with Gasteiger partial charge in [-0.15, -0.1) is 6.42 Å². The van der Waals surface area contributed by atoms with Gasteiger partial charge in [0.05, 0.1) is 12.2 Å². The molecule has 0 aliphatic heterocycles. The highest BCUT2D eigenvalue weighted by Crippen LogP contribution is 2.65. The summed E-state index contributed by atoms with van der Waals surface area (Å²) in [6.07, 6.45) is 23.8. The molecule has 5 aliphatic carbocycles. The van der Waals surface area contributed by atoms with Crippen molar-refractivity contribution in [2.45, 2.75) is 109 Å². The Labute approximate surface area is 182 Å². The fraction of sp³-hybridized carbons (Fsp3) is 0.815. The largest absolute Gasteiger partial charge is 0.445 e. The molecule has 7 atom stereocenters. The van der Waals surface area contributed by atoms with E-state index in [0.717, 1.165) is 37.0 Å². The molecule has 30 heavy (non-hydrogen) atoms. The lowest BCUT2D eigenvalue weighted by atomic mass is 9.50. The third-order valence-electron chi connectivity index (χ3n) is 9.75. The molecule has 0 aromatic carbocycles. The number of allylic oxidation sites excluding steroid dienone is 1. The smallest absolute Gasteiger partial charge is 0.304 e. The van der Waals surface area contributed by atoms with Crippen LogP contribution in [0.4, 0.5) is 0 Å². The number of carbonyl (C=O) groups excluding carboxylic acids is 1. The van der Waals surface area contributed by atoms with Gasteiger partial charge in [-0.05, 0) is 87.9 Å². The van der Waals surface area contributed by atoms with Gasteiger partial charge in [0.15, 0.2) is 5.60 Å². The third-order valence-corrected chi connectivity index (χ3v) is 9.75. The fourth-order valence-electron chi connectivity index (χ4n) is 8.35. The lowest BCUT2D eigenvalue weighted by Gasteiger charge is -2.55. The molecule has 0 heterocycles. The molecule has 0 amide bonds. The maximum absolute atomic E-state index is 11.9. The van der Waals surface area contributed by atoms with Gasteiger partial charge in [-0.25, -0.2) is 0 Å². The minimum atomic E-state index is -0.697. The average molecular weight is 411 g/mol. The maximum atomic E-state index is 11.9. The first-order valence-electron chi connectivity index (χ1n) is 12.5. The summed E-state index contributed by atoms with van der Waals surface area (Å²) in [5.41, 5.74) is 0.922. The Hall–Kier alpha value is -1.27. The standard InChI is InChI=1S/C27H38O3/c1-4-27(30-18(2)28)16-14-25-24-11-9-19-17-21(29-20-7-5-6-8-20)10-12-22(19)23(24)13-15-26(25,27)3/h1,17,20-25H,5-16H2,2-3H3/t21-,22-,23+,24+,25-,26-,27?/m0/s1. The summed E-state index contributed by atoms with van der Waals surface area (Å²) in [4.78, 5) is 11.9. The molecule has 0 aromatic heterocycles. The van der Waals surface area contributed by atoms with E-state index in [1.165, 1.54) is 64.7 Å². The van der Waals surface area contributed by atoms with Crippen LogP contribution in [0, 0.1) is 41.4 Å². The SMILES string of the molecule is C#CC1(OC(C)=O)CC[C@H]2[C@@H]3CCC4=C[C@@H](OC5CCCC5)CC[C@@H]4[C@H]3CC[C@@]21C. The topological polar surface area (TPSA) is 35.5 Å². The quantitative estimate of drug-likeness (QED) is 0.334. The van der Waals surface area contributed by atoms with Crippen molar-refractivity contribution in [3.8, 4) is 12.3 Å². The Morgan fingerprint density at radius 3 is 2.60 bits per heavy atom. The summed E-state index contributed by atoms with van der Waals surface area (Å²) >= 11 is 0. The summed E-state index contributed by atoms with van der Waals surface area (Å²) in [5, 5.41) is 0. The molecule has 0 saturated heterocycles. The number of carbonyl (C=O) groups is 1. The first kappa shape index (κ1) is 20.6. The first-order chi connectivity index (χ1) is 14.5. The normalized spacial score (nSPS) is 45.6. The van der Waals surface area contributed by atoms with Gasteiger partial charge in [0, 0.05) is 12.3 Å². The van der Waals surface area contributed by atoms with Gasteiger partial charge < -0.3 is 9.47 Å². The zero-order valence-electron chi connectivity index (χ0n) is 18.8. The molecular formula is C27H38O3. The fourth-order valence-corrected chi connectivity index (χ4v) is 8.35. The van der Waals surface area contributed by atoms with E-state index in [-0.39, 0.29) is 11.4 Å². The number of rotatable bonds is 3. The molecule has 3 heteroatoms. The molecule has 0 N–H and O–H groups in total. The number of hydrogen-bond acceptors (Lipinski definition) is 3. The number of esters is 1. The Kier molecular flexibility index (Phi) is 5.29. The van der Waals surface area contributed by atoms with Gasteiger partial charge in [0.1, 0.15) is 0 Å². The second kappa shape index (κ2) is 7.70. The molecule has 3 nitrogen and oxygen atoms in total. The summed E-state index contributed by atoms with van der Waals surface area (Å²) < 4.78 is 12.3. The zero-order valence-corrected chi connectivity index (χ0v) is 18.8. The van der Waals surface area contributed by atoms with Crippen molar-refractivity contribution in [3.63, 3.8) is 0 Å². The van der Waals surface area contributed by atoms with Crippen LogP contribution >= 0.6 is 0 Å². The van der Waals surface area contributed by atoms with Crippen molar-refractivity contribution in [2.24, 2.45) is 29.1 Å². The van der Waals surface area contributed by atoms with E-state index in [4.69, 9.17) is 15.9 Å². The van der Waals surface area contributed by atoms with Crippen molar-refractivity contribution >= 4 is 5.97 Å². The molecule has 4 saturated carbocycles. The minimum Gasteiger partial charge on any atom is -0.445 e. The van der Waals surface area contributed by atoms with Crippen LogP contribution in [-0.4, -0.2) is 23.8 Å². The van der Waals surface area contributed by atoms with Crippen LogP contribution in [0.5, 0.6) is 0 Å². The number of fused-ring (bicyclic) bond motifs is 5. The van der Waals surface area contributed by atoms with Crippen LogP contribution in [0.25, 0.3) is 0 Å². The van der Waals surface area contributed by atoms with Crippen LogP contribution < -0.4 is 0 Å². The molecule has 0 aromatic rings. The van der Waals surface area contributed by atoms with E-state index in [1.807, 2.05) is 0 Å². The third kappa shape index (κ3) is 3.17. The summed E-state index contributed by atoms with van der Waals surface area (Å²) in [6, 6.07) is 0. The number of terminal acetylenes is 1. The van der Waals surface area contributed by atoms with Gasteiger partial charge >= 0.3 is 5.97 Å². The van der Waals surface area contributed by atoms with E-state index >= 15 is 0 Å². The van der Waals surface area contributed by atoms with E-state index in [1.54, 1.807) is 5.57 Å². The predicted octanol–water partition coefficient (Wildman–Crippen LogP) is 5.82. The molecule has 164 valence electrons. The van der Waals surface area contributed by atoms with Gasteiger partial charge in [-0.1, -0.05) is 37.3 Å². The Balaban J connectivity index is 1.33. The molecule has 0 radical (unpaired) electrons. The van der Waals surface area contributed by atoms with Gasteiger partial charge in [0.2, 0.25) is 0 Å². The Morgan fingerprint density at radius 1 is 1.07 bits per heavy atom. The van der Waals surface area contributed by atoms with E-state index in [0.29, 0.717) is 18.1 Å².